The molecule has 20 heavy (non-hydrogen) atoms. The summed E-state index contributed by atoms with van der Waals surface area (Å²) >= 11 is 0. The van der Waals surface area contributed by atoms with Crippen LogP contribution in [0.2, 0.25) is 0 Å². The largest absolute Gasteiger partial charge is 0.370 e. The normalized spacial score (nSPS) is 12.8. The van der Waals surface area contributed by atoms with Crippen molar-refractivity contribution in [2.75, 3.05) is 5.32 Å². The van der Waals surface area contributed by atoms with Gasteiger partial charge in [-0.15, -0.1) is 0 Å². The second-order valence-electron chi connectivity index (χ2n) is 5.75. The van der Waals surface area contributed by atoms with Crippen LogP contribution in [0.3, 0.4) is 0 Å². The molecule has 2 amide bonds. The minimum atomic E-state index is -0.518. The molecule has 0 bridgehead atoms. The van der Waals surface area contributed by atoms with Crippen molar-refractivity contribution < 1.29 is 9.59 Å². The minimum Gasteiger partial charge on any atom is -0.370 e. The Morgan fingerprint density at radius 2 is 1.80 bits per heavy atom. The van der Waals surface area contributed by atoms with Gasteiger partial charge in [-0.1, -0.05) is 17.7 Å². The third-order valence-electron chi connectivity index (χ3n) is 2.94. The topological polar surface area (TPSA) is 84.2 Å². The first-order valence-electron chi connectivity index (χ1n) is 6.63. The molecule has 0 spiro atoms. The van der Waals surface area contributed by atoms with E-state index in [1.807, 2.05) is 45.0 Å². The first-order valence-corrected chi connectivity index (χ1v) is 6.63. The minimum absolute atomic E-state index is 0.147. The molecule has 0 aliphatic heterocycles. The summed E-state index contributed by atoms with van der Waals surface area (Å²) in [6.07, 6.45) is 0.176. The fraction of sp³-hybridized carbons (Fsp3) is 0.467. The number of anilines is 1. The van der Waals surface area contributed by atoms with Crippen LogP contribution in [0, 0.1) is 6.92 Å². The molecule has 0 radical (unpaired) electrons. The van der Waals surface area contributed by atoms with E-state index in [1.54, 1.807) is 6.92 Å². The standard InChI is InChI=1S/C15H23N3O2/c1-10-5-7-12(8-6-10)17-14(20)11(2)18-15(3,4)9-13(16)19/h5-8,11,18H,9H2,1-4H3,(H2,16,19)(H,17,20). The lowest BCUT2D eigenvalue weighted by Gasteiger charge is -2.28. The van der Waals surface area contributed by atoms with Crippen molar-refractivity contribution in [3.05, 3.63) is 29.8 Å². The number of aryl methyl sites for hydroxylation is 1. The van der Waals surface area contributed by atoms with E-state index in [0.29, 0.717) is 0 Å². The van der Waals surface area contributed by atoms with Crippen molar-refractivity contribution in [2.24, 2.45) is 5.73 Å². The highest BCUT2D eigenvalue weighted by Gasteiger charge is 2.25. The summed E-state index contributed by atoms with van der Waals surface area (Å²) < 4.78 is 0. The third-order valence-corrected chi connectivity index (χ3v) is 2.94. The number of hydrogen-bond acceptors (Lipinski definition) is 3. The van der Waals surface area contributed by atoms with Crippen LogP contribution in [0.1, 0.15) is 32.8 Å². The summed E-state index contributed by atoms with van der Waals surface area (Å²) in [6, 6.07) is 7.16. The molecule has 1 aromatic carbocycles. The predicted octanol–water partition coefficient (Wildman–Crippen LogP) is 1.57. The molecular formula is C15H23N3O2. The van der Waals surface area contributed by atoms with Crippen LogP contribution in [0.15, 0.2) is 24.3 Å². The lowest BCUT2D eigenvalue weighted by atomic mass is 9.99. The van der Waals surface area contributed by atoms with E-state index < -0.39 is 17.5 Å². The molecule has 5 nitrogen and oxygen atoms in total. The molecule has 1 rings (SSSR count). The zero-order chi connectivity index (χ0) is 15.3. The van der Waals surface area contributed by atoms with Gasteiger partial charge in [0.25, 0.3) is 0 Å². The van der Waals surface area contributed by atoms with Crippen LogP contribution in [0.4, 0.5) is 5.69 Å². The van der Waals surface area contributed by atoms with Gasteiger partial charge in [0.15, 0.2) is 0 Å². The van der Waals surface area contributed by atoms with Gasteiger partial charge in [-0.2, -0.15) is 0 Å². The molecule has 1 atom stereocenters. The maximum Gasteiger partial charge on any atom is 0.241 e. The van der Waals surface area contributed by atoms with Crippen LogP contribution in [-0.4, -0.2) is 23.4 Å². The zero-order valence-corrected chi connectivity index (χ0v) is 12.5. The number of primary amides is 1. The molecule has 0 saturated heterocycles. The van der Waals surface area contributed by atoms with Crippen molar-refractivity contribution in [1.82, 2.24) is 5.32 Å². The maximum absolute atomic E-state index is 12.1. The molecule has 0 heterocycles. The lowest BCUT2D eigenvalue weighted by molar-refractivity contribution is -0.121. The summed E-state index contributed by atoms with van der Waals surface area (Å²) in [5.41, 5.74) is 6.56. The van der Waals surface area contributed by atoms with E-state index in [1.165, 1.54) is 0 Å². The zero-order valence-electron chi connectivity index (χ0n) is 12.5. The van der Waals surface area contributed by atoms with E-state index in [-0.39, 0.29) is 12.3 Å². The Bertz CT molecular complexity index is 480. The molecule has 1 aromatic rings. The Hall–Kier alpha value is -1.88. The summed E-state index contributed by atoms with van der Waals surface area (Å²) in [5.74, 6) is -0.542. The number of benzene rings is 1. The molecule has 0 saturated carbocycles. The number of amides is 2. The number of nitrogens with two attached hydrogens (primary N) is 1. The fourth-order valence-electron chi connectivity index (χ4n) is 2.03. The highest BCUT2D eigenvalue weighted by Crippen LogP contribution is 2.11. The molecule has 110 valence electrons. The van der Waals surface area contributed by atoms with E-state index in [0.717, 1.165) is 11.3 Å². The van der Waals surface area contributed by atoms with E-state index in [2.05, 4.69) is 10.6 Å². The summed E-state index contributed by atoms with van der Waals surface area (Å²) in [4.78, 5) is 23.0. The third kappa shape index (κ3) is 5.40. The van der Waals surface area contributed by atoms with E-state index in [4.69, 9.17) is 5.73 Å². The van der Waals surface area contributed by atoms with Gasteiger partial charge in [0.2, 0.25) is 11.8 Å². The molecule has 4 N–H and O–H groups in total. The Balaban J connectivity index is 2.58. The van der Waals surface area contributed by atoms with Gasteiger partial charge in [0.1, 0.15) is 0 Å². The number of carbonyl (C=O) groups is 2. The van der Waals surface area contributed by atoms with Gasteiger partial charge in [0, 0.05) is 17.6 Å². The quantitative estimate of drug-likeness (QED) is 0.738. The Morgan fingerprint density at radius 3 is 2.30 bits per heavy atom. The van der Waals surface area contributed by atoms with Gasteiger partial charge in [0.05, 0.1) is 6.04 Å². The van der Waals surface area contributed by atoms with Crippen LogP contribution >= 0.6 is 0 Å². The smallest absolute Gasteiger partial charge is 0.241 e. The highest BCUT2D eigenvalue weighted by atomic mass is 16.2. The second-order valence-corrected chi connectivity index (χ2v) is 5.75. The van der Waals surface area contributed by atoms with E-state index in [9.17, 15) is 9.59 Å². The summed E-state index contributed by atoms with van der Waals surface area (Å²) in [6.45, 7) is 7.43. The Morgan fingerprint density at radius 1 is 1.25 bits per heavy atom. The summed E-state index contributed by atoms with van der Waals surface area (Å²) in [5, 5.41) is 5.93. The van der Waals surface area contributed by atoms with Crippen LogP contribution < -0.4 is 16.4 Å². The van der Waals surface area contributed by atoms with Gasteiger partial charge in [-0.3, -0.25) is 9.59 Å². The van der Waals surface area contributed by atoms with Gasteiger partial charge >= 0.3 is 0 Å². The monoisotopic (exact) mass is 277 g/mol. The van der Waals surface area contributed by atoms with Crippen molar-refractivity contribution in [3.8, 4) is 0 Å². The van der Waals surface area contributed by atoms with Crippen LogP contribution in [0.5, 0.6) is 0 Å². The molecule has 0 aliphatic carbocycles. The molecule has 0 fully saturated rings. The Kier molecular flexibility index (Phi) is 5.27. The van der Waals surface area contributed by atoms with E-state index >= 15 is 0 Å². The average molecular weight is 277 g/mol. The maximum atomic E-state index is 12.1. The lowest BCUT2D eigenvalue weighted by Crippen LogP contribution is -2.51. The Labute approximate surface area is 119 Å². The van der Waals surface area contributed by atoms with Gasteiger partial charge in [-0.25, -0.2) is 0 Å². The van der Waals surface area contributed by atoms with Crippen molar-refractivity contribution in [1.29, 1.82) is 0 Å². The number of rotatable bonds is 6. The average Bonchev–Trinajstić information content (AvgIpc) is 2.29. The molecule has 5 heteroatoms. The second kappa shape index (κ2) is 6.52. The van der Waals surface area contributed by atoms with Crippen molar-refractivity contribution in [3.63, 3.8) is 0 Å². The predicted molar refractivity (Wildman–Crippen MR) is 80.3 cm³/mol. The van der Waals surface area contributed by atoms with Gasteiger partial charge < -0.3 is 16.4 Å². The number of nitrogens with one attached hydrogen (secondary N) is 2. The first-order chi connectivity index (χ1) is 9.19. The summed E-state index contributed by atoms with van der Waals surface area (Å²) in [7, 11) is 0. The fourth-order valence-corrected chi connectivity index (χ4v) is 2.03. The molecule has 1 unspecified atom stereocenters. The molecule has 0 aromatic heterocycles. The number of hydrogen-bond donors (Lipinski definition) is 3. The van der Waals surface area contributed by atoms with Crippen LogP contribution in [0.25, 0.3) is 0 Å². The molecule has 0 aliphatic rings. The first kappa shape index (κ1) is 16.2. The van der Waals surface area contributed by atoms with Gasteiger partial charge in [-0.05, 0) is 39.8 Å². The highest BCUT2D eigenvalue weighted by molar-refractivity contribution is 5.94. The SMILES string of the molecule is Cc1ccc(NC(=O)C(C)NC(C)(C)CC(N)=O)cc1. The van der Waals surface area contributed by atoms with Crippen LogP contribution in [-0.2, 0) is 9.59 Å². The van der Waals surface area contributed by atoms with Crippen molar-refractivity contribution in [2.45, 2.75) is 45.7 Å². The van der Waals surface area contributed by atoms with Crippen molar-refractivity contribution >= 4 is 17.5 Å². The molecular weight excluding hydrogens is 254 g/mol. The number of carbonyl (C=O) groups excluding carboxylic acids is 2.